The molecule has 4 nitrogen and oxygen atoms in total. The second-order valence-corrected chi connectivity index (χ2v) is 6.05. The van der Waals surface area contributed by atoms with Crippen LogP contribution in [0.2, 0.25) is 0 Å². The largest absolute Gasteiger partial charge is 0.573 e. The van der Waals surface area contributed by atoms with E-state index in [1.165, 1.54) is 23.5 Å². The highest BCUT2D eigenvalue weighted by molar-refractivity contribution is 7.22. The number of carbonyl (C=O) groups excluding carboxylic acids is 1. The Labute approximate surface area is 138 Å². The predicted octanol–water partition coefficient (Wildman–Crippen LogP) is 4.76. The molecule has 0 saturated heterocycles. The van der Waals surface area contributed by atoms with Crippen LogP contribution in [0.25, 0.3) is 10.2 Å². The molecule has 0 aliphatic rings. The summed E-state index contributed by atoms with van der Waals surface area (Å²) in [6.45, 7) is 1.96. The number of hydrogen-bond donors (Lipinski definition) is 1. The van der Waals surface area contributed by atoms with E-state index in [9.17, 15) is 18.0 Å². The van der Waals surface area contributed by atoms with E-state index >= 15 is 0 Å². The minimum Gasteiger partial charge on any atom is -0.406 e. The number of rotatable bonds is 3. The van der Waals surface area contributed by atoms with Gasteiger partial charge in [0.2, 0.25) is 0 Å². The van der Waals surface area contributed by atoms with E-state index < -0.39 is 12.3 Å². The van der Waals surface area contributed by atoms with Crippen LogP contribution in [0.3, 0.4) is 0 Å². The molecule has 0 unspecified atom stereocenters. The third-order valence-electron chi connectivity index (χ3n) is 3.11. The summed E-state index contributed by atoms with van der Waals surface area (Å²) in [7, 11) is 0. The Morgan fingerprint density at radius 3 is 2.54 bits per heavy atom. The zero-order valence-corrected chi connectivity index (χ0v) is 13.2. The maximum atomic E-state index is 12.1. The fourth-order valence-corrected chi connectivity index (χ4v) is 3.02. The predicted molar refractivity (Wildman–Crippen MR) is 85.4 cm³/mol. The molecule has 3 rings (SSSR count). The molecule has 8 heteroatoms. The molecule has 0 radical (unpaired) electrons. The van der Waals surface area contributed by atoms with Crippen molar-refractivity contribution in [3.63, 3.8) is 0 Å². The lowest BCUT2D eigenvalue weighted by Gasteiger charge is -2.09. The zero-order chi connectivity index (χ0) is 17.3. The van der Waals surface area contributed by atoms with Crippen LogP contribution in [0.5, 0.6) is 5.75 Å². The van der Waals surface area contributed by atoms with Crippen molar-refractivity contribution in [2.24, 2.45) is 0 Å². The Hall–Kier alpha value is -2.61. The van der Waals surface area contributed by atoms with Crippen LogP contribution >= 0.6 is 11.3 Å². The SMILES string of the molecule is Cc1ccc2nc(NC(=O)c3ccc(OC(F)(F)F)cc3)sc2c1. The van der Waals surface area contributed by atoms with Crippen molar-refractivity contribution < 1.29 is 22.7 Å². The normalized spacial score (nSPS) is 11.5. The van der Waals surface area contributed by atoms with Crippen molar-refractivity contribution in [3.05, 3.63) is 53.6 Å². The maximum Gasteiger partial charge on any atom is 0.573 e. The molecule has 24 heavy (non-hydrogen) atoms. The smallest absolute Gasteiger partial charge is 0.406 e. The van der Waals surface area contributed by atoms with E-state index in [-0.39, 0.29) is 11.3 Å². The molecule has 124 valence electrons. The quantitative estimate of drug-likeness (QED) is 0.740. The highest BCUT2D eigenvalue weighted by atomic mass is 32.1. The molecule has 1 amide bonds. The lowest BCUT2D eigenvalue weighted by Crippen LogP contribution is -2.17. The van der Waals surface area contributed by atoms with Crippen LogP contribution in [0.15, 0.2) is 42.5 Å². The van der Waals surface area contributed by atoms with Crippen LogP contribution in [0, 0.1) is 6.92 Å². The van der Waals surface area contributed by atoms with Gasteiger partial charge in [0.05, 0.1) is 10.2 Å². The summed E-state index contributed by atoms with van der Waals surface area (Å²) >= 11 is 1.33. The van der Waals surface area contributed by atoms with Crippen LogP contribution in [0.1, 0.15) is 15.9 Å². The summed E-state index contributed by atoms with van der Waals surface area (Å²) < 4.78 is 41.0. The van der Waals surface area contributed by atoms with Crippen LogP contribution in [0.4, 0.5) is 18.3 Å². The Morgan fingerprint density at radius 2 is 1.88 bits per heavy atom. The summed E-state index contributed by atoms with van der Waals surface area (Å²) in [6.07, 6.45) is -4.76. The highest BCUT2D eigenvalue weighted by Gasteiger charge is 2.31. The summed E-state index contributed by atoms with van der Waals surface area (Å²) in [5, 5.41) is 3.07. The third kappa shape index (κ3) is 3.83. The number of carbonyl (C=O) groups is 1. The first-order valence-electron chi connectivity index (χ1n) is 6.84. The third-order valence-corrected chi connectivity index (χ3v) is 4.05. The van der Waals surface area contributed by atoms with Gasteiger partial charge < -0.3 is 4.74 Å². The highest BCUT2D eigenvalue weighted by Crippen LogP contribution is 2.27. The summed E-state index contributed by atoms with van der Waals surface area (Å²) in [5.41, 5.74) is 2.07. The number of amides is 1. The molecule has 0 aliphatic carbocycles. The van der Waals surface area contributed by atoms with Gasteiger partial charge in [0.25, 0.3) is 5.91 Å². The number of alkyl halides is 3. The first kappa shape index (κ1) is 16.3. The molecule has 0 aliphatic heterocycles. The molecule has 0 fully saturated rings. The van der Waals surface area contributed by atoms with E-state index in [2.05, 4.69) is 15.0 Å². The van der Waals surface area contributed by atoms with E-state index in [4.69, 9.17) is 0 Å². The molecule has 0 saturated carbocycles. The molecular weight excluding hydrogens is 341 g/mol. The lowest BCUT2D eigenvalue weighted by molar-refractivity contribution is -0.274. The number of fused-ring (bicyclic) bond motifs is 1. The molecule has 1 heterocycles. The lowest BCUT2D eigenvalue weighted by atomic mass is 10.2. The van der Waals surface area contributed by atoms with Gasteiger partial charge in [-0.3, -0.25) is 10.1 Å². The number of thiazole rings is 1. The van der Waals surface area contributed by atoms with Crippen molar-refractivity contribution >= 4 is 32.6 Å². The second kappa shape index (κ2) is 6.12. The van der Waals surface area contributed by atoms with Gasteiger partial charge in [0.15, 0.2) is 5.13 Å². The second-order valence-electron chi connectivity index (χ2n) is 5.02. The molecule has 0 spiro atoms. The van der Waals surface area contributed by atoms with E-state index in [0.717, 1.165) is 27.9 Å². The number of nitrogens with zero attached hydrogens (tertiary/aromatic N) is 1. The van der Waals surface area contributed by atoms with E-state index in [0.29, 0.717) is 5.13 Å². The number of halogens is 3. The standard InChI is InChI=1S/C16H11F3N2O2S/c1-9-2-7-12-13(8-9)24-15(20-12)21-14(22)10-3-5-11(6-4-10)23-16(17,18)19/h2-8H,1H3,(H,20,21,22). The minimum atomic E-state index is -4.76. The number of aryl methyl sites for hydroxylation is 1. The van der Waals surface area contributed by atoms with Crippen LogP contribution in [-0.2, 0) is 0 Å². The molecule has 2 aromatic carbocycles. The van der Waals surface area contributed by atoms with Crippen molar-refractivity contribution in [1.82, 2.24) is 4.98 Å². The molecular formula is C16H11F3N2O2S. The number of anilines is 1. The van der Waals surface area contributed by atoms with Crippen LogP contribution < -0.4 is 10.1 Å². The van der Waals surface area contributed by atoms with Gasteiger partial charge in [0, 0.05) is 5.56 Å². The Bertz CT molecular complexity index is 888. The van der Waals surface area contributed by atoms with Crippen LogP contribution in [-0.4, -0.2) is 17.3 Å². The molecule has 1 N–H and O–H groups in total. The Kier molecular flexibility index (Phi) is 4.15. The number of benzene rings is 2. The first-order valence-corrected chi connectivity index (χ1v) is 7.66. The van der Waals surface area contributed by atoms with Gasteiger partial charge in [0.1, 0.15) is 5.75 Å². The van der Waals surface area contributed by atoms with Gasteiger partial charge in [-0.2, -0.15) is 0 Å². The molecule has 1 aromatic heterocycles. The van der Waals surface area contributed by atoms with Crippen molar-refractivity contribution in [2.75, 3.05) is 5.32 Å². The number of hydrogen-bond acceptors (Lipinski definition) is 4. The van der Waals surface area contributed by atoms with Gasteiger partial charge in [-0.15, -0.1) is 13.2 Å². The molecule has 0 atom stereocenters. The molecule has 3 aromatic rings. The minimum absolute atomic E-state index is 0.208. The average molecular weight is 352 g/mol. The summed E-state index contributed by atoms with van der Waals surface area (Å²) in [5.74, 6) is -0.834. The van der Waals surface area contributed by atoms with Crippen molar-refractivity contribution in [1.29, 1.82) is 0 Å². The van der Waals surface area contributed by atoms with Gasteiger partial charge in [-0.25, -0.2) is 4.98 Å². The summed E-state index contributed by atoms with van der Waals surface area (Å²) in [4.78, 5) is 16.4. The summed E-state index contributed by atoms with van der Waals surface area (Å²) in [6, 6.07) is 10.4. The Morgan fingerprint density at radius 1 is 1.17 bits per heavy atom. The maximum absolute atomic E-state index is 12.1. The number of ether oxygens (including phenoxy) is 1. The number of aromatic nitrogens is 1. The van der Waals surface area contributed by atoms with E-state index in [1.807, 2.05) is 25.1 Å². The van der Waals surface area contributed by atoms with Crippen molar-refractivity contribution in [2.45, 2.75) is 13.3 Å². The first-order chi connectivity index (χ1) is 11.3. The zero-order valence-electron chi connectivity index (χ0n) is 12.3. The Balaban J connectivity index is 1.73. The fourth-order valence-electron chi connectivity index (χ4n) is 2.06. The average Bonchev–Trinajstić information content (AvgIpc) is 2.87. The number of nitrogens with one attached hydrogen (secondary N) is 1. The van der Waals surface area contributed by atoms with Gasteiger partial charge >= 0.3 is 6.36 Å². The van der Waals surface area contributed by atoms with Gasteiger partial charge in [-0.1, -0.05) is 17.4 Å². The topological polar surface area (TPSA) is 51.2 Å². The van der Waals surface area contributed by atoms with Gasteiger partial charge in [-0.05, 0) is 48.9 Å². The monoisotopic (exact) mass is 352 g/mol. The fraction of sp³-hybridized carbons (Fsp3) is 0.125. The van der Waals surface area contributed by atoms with Crippen molar-refractivity contribution in [3.8, 4) is 5.75 Å². The van der Waals surface area contributed by atoms with E-state index in [1.54, 1.807) is 0 Å². The molecule has 0 bridgehead atoms.